The minimum absolute atomic E-state index is 0.351. The zero-order valence-electron chi connectivity index (χ0n) is 11.6. The summed E-state index contributed by atoms with van der Waals surface area (Å²) < 4.78 is 0.351. The SMILES string of the molecule is CC(C)(C)SCCNc1cccc(CCCCl)c1. The van der Waals surface area contributed by atoms with Crippen LogP contribution in [-0.4, -0.2) is 22.9 Å². The third-order valence-electron chi connectivity index (χ3n) is 2.49. The lowest BCUT2D eigenvalue weighted by atomic mass is 10.1. The van der Waals surface area contributed by atoms with Crippen molar-refractivity contribution in [3.8, 4) is 0 Å². The molecule has 0 amide bonds. The number of halogens is 1. The van der Waals surface area contributed by atoms with Gasteiger partial charge in [-0.1, -0.05) is 32.9 Å². The lowest BCUT2D eigenvalue weighted by Crippen LogP contribution is -2.13. The van der Waals surface area contributed by atoms with E-state index in [9.17, 15) is 0 Å². The van der Waals surface area contributed by atoms with E-state index in [1.165, 1.54) is 11.3 Å². The molecular formula is C15H24ClNS. The predicted octanol–water partition coefficient (Wildman–Crippen LogP) is 4.80. The van der Waals surface area contributed by atoms with Crippen molar-refractivity contribution < 1.29 is 0 Å². The highest BCUT2D eigenvalue weighted by atomic mass is 35.5. The van der Waals surface area contributed by atoms with Crippen LogP contribution in [0.3, 0.4) is 0 Å². The van der Waals surface area contributed by atoms with E-state index in [1.54, 1.807) is 0 Å². The third kappa shape index (κ3) is 7.17. The summed E-state index contributed by atoms with van der Waals surface area (Å²) in [5.74, 6) is 1.87. The maximum Gasteiger partial charge on any atom is 0.0343 e. The summed E-state index contributed by atoms with van der Waals surface area (Å²) in [6, 6.07) is 8.64. The summed E-state index contributed by atoms with van der Waals surface area (Å²) in [5.41, 5.74) is 2.58. The molecule has 1 N–H and O–H groups in total. The minimum Gasteiger partial charge on any atom is -0.384 e. The van der Waals surface area contributed by atoms with E-state index < -0.39 is 0 Å². The Kier molecular flexibility index (Phi) is 6.95. The Morgan fingerprint density at radius 2 is 2.06 bits per heavy atom. The van der Waals surface area contributed by atoms with E-state index in [1.807, 2.05) is 11.8 Å². The van der Waals surface area contributed by atoms with Gasteiger partial charge in [0, 0.05) is 28.6 Å². The number of alkyl halides is 1. The Hall–Kier alpha value is -0.340. The van der Waals surface area contributed by atoms with Gasteiger partial charge in [-0.3, -0.25) is 0 Å². The maximum absolute atomic E-state index is 5.72. The molecule has 18 heavy (non-hydrogen) atoms. The second-order valence-electron chi connectivity index (χ2n) is 5.38. The Labute approximate surface area is 121 Å². The zero-order chi connectivity index (χ0) is 13.4. The van der Waals surface area contributed by atoms with Gasteiger partial charge < -0.3 is 5.32 Å². The molecule has 0 fully saturated rings. The van der Waals surface area contributed by atoms with Gasteiger partial charge in [0.1, 0.15) is 0 Å². The molecule has 1 rings (SSSR count). The smallest absolute Gasteiger partial charge is 0.0343 e. The average molecular weight is 286 g/mol. The molecule has 0 heterocycles. The van der Waals surface area contributed by atoms with Crippen molar-refractivity contribution in [1.82, 2.24) is 0 Å². The van der Waals surface area contributed by atoms with E-state index in [4.69, 9.17) is 11.6 Å². The van der Waals surface area contributed by atoms with E-state index in [0.717, 1.165) is 31.0 Å². The van der Waals surface area contributed by atoms with E-state index in [0.29, 0.717) is 4.75 Å². The van der Waals surface area contributed by atoms with Crippen LogP contribution in [-0.2, 0) is 6.42 Å². The summed E-state index contributed by atoms with van der Waals surface area (Å²) in [6.45, 7) is 7.78. The molecule has 0 atom stereocenters. The van der Waals surface area contributed by atoms with Crippen molar-refractivity contribution >= 4 is 29.1 Å². The fourth-order valence-electron chi connectivity index (χ4n) is 1.66. The number of thioether (sulfide) groups is 1. The van der Waals surface area contributed by atoms with Crippen molar-refractivity contribution in [3.05, 3.63) is 29.8 Å². The highest BCUT2D eigenvalue weighted by molar-refractivity contribution is 8.00. The molecule has 0 aliphatic carbocycles. The molecule has 1 aromatic carbocycles. The van der Waals surface area contributed by atoms with Crippen LogP contribution < -0.4 is 5.32 Å². The van der Waals surface area contributed by atoms with Crippen LogP contribution in [0.25, 0.3) is 0 Å². The molecule has 102 valence electrons. The van der Waals surface area contributed by atoms with Gasteiger partial charge in [0.15, 0.2) is 0 Å². The van der Waals surface area contributed by atoms with Crippen molar-refractivity contribution in [2.45, 2.75) is 38.4 Å². The number of hydrogen-bond donors (Lipinski definition) is 1. The van der Waals surface area contributed by atoms with Crippen LogP contribution in [0.4, 0.5) is 5.69 Å². The van der Waals surface area contributed by atoms with Crippen molar-refractivity contribution in [3.63, 3.8) is 0 Å². The number of nitrogens with one attached hydrogen (secondary N) is 1. The summed E-state index contributed by atoms with van der Waals surface area (Å²) in [6.07, 6.45) is 2.11. The lowest BCUT2D eigenvalue weighted by molar-refractivity contribution is 0.802. The van der Waals surface area contributed by atoms with E-state index >= 15 is 0 Å². The summed E-state index contributed by atoms with van der Waals surface area (Å²) >= 11 is 7.71. The normalized spacial score (nSPS) is 11.6. The van der Waals surface area contributed by atoms with Crippen molar-refractivity contribution in [2.24, 2.45) is 0 Å². The van der Waals surface area contributed by atoms with Gasteiger partial charge in [0.2, 0.25) is 0 Å². The predicted molar refractivity (Wildman–Crippen MR) is 86.2 cm³/mol. The van der Waals surface area contributed by atoms with Crippen LogP contribution in [0.2, 0.25) is 0 Å². The average Bonchev–Trinajstić information content (AvgIpc) is 2.31. The van der Waals surface area contributed by atoms with Gasteiger partial charge in [-0.2, -0.15) is 11.8 Å². The fraction of sp³-hybridized carbons (Fsp3) is 0.600. The first kappa shape index (κ1) is 15.7. The van der Waals surface area contributed by atoms with E-state index in [-0.39, 0.29) is 0 Å². The standard InChI is InChI=1S/C15H24ClNS/c1-15(2,3)18-11-10-17-14-8-4-6-13(12-14)7-5-9-16/h4,6,8,12,17H,5,7,9-11H2,1-3H3. The second-order valence-corrected chi connectivity index (χ2v) is 7.68. The molecule has 0 spiro atoms. The van der Waals surface area contributed by atoms with E-state index in [2.05, 4.69) is 50.4 Å². The third-order valence-corrected chi connectivity index (χ3v) is 4.03. The molecule has 0 aliphatic rings. The lowest BCUT2D eigenvalue weighted by Gasteiger charge is -2.17. The largest absolute Gasteiger partial charge is 0.384 e. The summed E-state index contributed by atoms with van der Waals surface area (Å²) in [4.78, 5) is 0. The van der Waals surface area contributed by atoms with Gasteiger partial charge in [-0.25, -0.2) is 0 Å². The van der Waals surface area contributed by atoms with Gasteiger partial charge >= 0.3 is 0 Å². The zero-order valence-corrected chi connectivity index (χ0v) is 13.2. The number of benzene rings is 1. The van der Waals surface area contributed by atoms with Crippen molar-refractivity contribution in [1.29, 1.82) is 0 Å². The minimum atomic E-state index is 0.351. The monoisotopic (exact) mass is 285 g/mol. The van der Waals surface area contributed by atoms with Crippen LogP contribution >= 0.6 is 23.4 Å². The van der Waals surface area contributed by atoms with Gasteiger partial charge in [0.25, 0.3) is 0 Å². The summed E-state index contributed by atoms with van der Waals surface area (Å²) in [7, 11) is 0. The number of aryl methyl sites for hydroxylation is 1. The van der Waals surface area contributed by atoms with Crippen LogP contribution in [0.15, 0.2) is 24.3 Å². The molecule has 0 saturated heterocycles. The quantitative estimate of drug-likeness (QED) is 0.570. The number of anilines is 1. The summed E-state index contributed by atoms with van der Waals surface area (Å²) in [5, 5.41) is 3.48. The van der Waals surface area contributed by atoms with Crippen LogP contribution in [0.5, 0.6) is 0 Å². The first-order valence-corrected chi connectivity index (χ1v) is 8.06. The molecule has 0 unspecified atom stereocenters. The number of rotatable bonds is 7. The Balaban J connectivity index is 2.33. The topological polar surface area (TPSA) is 12.0 Å². The first-order chi connectivity index (χ1) is 8.51. The maximum atomic E-state index is 5.72. The first-order valence-electron chi connectivity index (χ1n) is 6.54. The molecule has 0 aromatic heterocycles. The fourth-order valence-corrected chi connectivity index (χ4v) is 2.61. The molecule has 0 bridgehead atoms. The highest BCUT2D eigenvalue weighted by Crippen LogP contribution is 2.22. The molecule has 1 nitrogen and oxygen atoms in total. The Morgan fingerprint density at radius 1 is 1.28 bits per heavy atom. The molecule has 0 aliphatic heterocycles. The Morgan fingerprint density at radius 3 is 2.72 bits per heavy atom. The molecular weight excluding hydrogens is 262 g/mol. The van der Waals surface area contributed by atoms with Gasteiger partial charge in [-0.15, -0.1) is 11.6 Å². The highest BCUT2D eigenvalue weighted by Gasteiger charge is 2.09. The van der Waals surface area contributed by atoms with Gasteiger partial charge in [0.05, 0.1) is 0 Å². The second kappa shape index (κ2) is 7.96. The van der Waals surface area contributed by atoms with Crippen LogP contribution in [0, 0.1) is 0 Å². The van der Waals surface area contributed by atoms with Crippen molar-refractivity contribution in [2.75, 3.05) is 23.5 Å². The number of hydrogen-bond acceptors (Lipinski definition) is 2. The molecule has 3 heteroatoms. The molecule has 0 saturated carbocycles. The van der Waals surface area contributed by atoms with Gasteiger partial charge in [-0.05, 0) is 30.5 Å². The molecule has 0 radical (unpaired) electrons. The Bertz CT molecular complexity index is 347. The molecule has 1 aromatic rings. The van der Waals surface area contributed by atoms with Crippen LogP contribution in [0.1, 0.15) is 32.8 Å².